The third kappa shape index (κ3) is 6.99. The molecule has 0 radical (unpaired) electrons. The fourth-order valence-electron chi connectivity index (χ4n) is 8.06. The minimum Gasteiger partial charge on any atom is -0.508 e. The number of rotatable bonds is 6. The van der Waals surface area contributed by atoms with Crippen LogP contribution in [0.15, 0.2) is 36.7 Å². The molecule has 1 spiro atoms. The Kier molecular flexibility index (Phi) is 9.62. The van der Waals surface area contributed by atoms with Crippen molar-refractivity contribution >= 4 is 40.3 Å². The summed E-state index contributed by atoms with van der Waals surface area (Å²) in [5.74, 6) is 0.379. The van der Waals surface area contributed by atoms with Crippen LogP contribution in [-0.4, -0.2) is 117 Å². The molecule has 15 heteroatoms. The van der Waals surface area contributed by atoms with E-state index in [0.29, 0.717) is 78.7 Å². The molecule has 5 fully saturated rings. The Morgan fingerprint density at radius 2 is 1.96 bits per heavy atom. The Morgan fingerprint density at radius 1 is 1.13 bits per heavy atom. The highest BCUT2D eigenvalue weighted by Crippen LogP contribution is 2.49. The van der Waals surface area contributed by atoms with Crippen molar-refractivity contribution in [3.63, 3.8) is 0 Å². The molecule has 1 aliphatic carbocycles. The number of carbonyl (C=O) groups is 1. The maximum absolute atomic E-state index is 16.4. The van der Waals surface area contributed by atoms with Gasteiger partial charge in [-0.15, -0.1) is 0 Å². The number of hydrogen-bond donors (Lipinski definition) is 1. The first-order chi connectivity index (χ1) is 25.6. The number of amides is 1. The van der Waals surface area contributed by atoms with Crippen LogP contribution in [0.25, 0.3) is 28.2 Å². The average Bonchev–Trinajstić information content (AvgIpc) is 3.77. The van der Waals surface area contributed by atoms with E-state index in [1.165, 1.54) is 38.2 Å². The van der Waals surface area contributed by atoms with E-state index in [9.17, 15) is 14.3 Å². The van der Waals surface area contributed by atoms with E-state index in [-0.39, 0.29) is 34.8 Å². The van der Waals surface area contributed by atoms with Gasteiger partial charge in [-0.1, -0.05) is 11.6 Å². The minimum atomic E-state index is -0.659. The van der Waals surface area contributed by atoms with Crippen LogP contribution in [0.5, 0.6) is 11.8 Å². The van der Waals surface area contributed by atoms with Gasteiger partial charge < -0.3 is 24.4 Å². The van der Waals surface area contributed by atoms with Crippen molar-refractivity contribution in [1.82, 2.24) is 34.7 Å². The van der Waals surface area contributed by atoms with Crippen LogP contribution in [-0.2, 0) is 9.53 Å². The first-order valence-electron chi connectivity index (χ1n) is 18.1. The fourth-order valence-corrected chi connectivity index (χ4v) is 8.42. The van der Waals surface area contributed by atoms with Crippen LogP contribution >= 0.6 is 11.6 Å². The number of hydrogen-bond acceptors (Lipinski definition) is 11. The molecule has 4 aliphatic heterocycles. The number of anilines is 1. The molecule has 53 heavy (non-hydrogen) atoms. The van der Waals surface area contributed by atoms with Crippen molar-refractivity contribution in [2.75, 3.05) is 57.9 Å². The Bertz CT molecular complexity index is 2070. The first kappa shape index (κ1) is 35.5. The molecule has 3 aromatic heterocycles. The van der Waals surface area contributed by atoms with Gasteiger partial charge in [0.25, 0.3) is 0 Å². The summed E-state index contributed by atoms with van der Waals surface area (Å²) in [5.41, 5.74) is 1.36. The number of pyridine rings is 1. The van der Waals surface area contributed by atoms with Crippen molar-refractivity contribution < 1.29 is 28.2 Å². The van der Waals surface area contributed by atoms with Crippen LogP contribution in [0.4, 0.5) is 14.6 Å². The molecule has 1 unspecified atom stereocenters. The molecule has 1 N–H and O–H groups in total. The maximum Gasteiger partial charge on any atom is 0.318 e. The van der Waals surface area contributed by atoms with Crippen LogP contribution in [0, 0.1) is 12.7 Å². The van der Waals surface area contributed by atoms with Crippen molar-refractivity contribution in [3.05, 3.63) is 64.6 Å². The summed E-state index contributed by atoms with van der Waals surface area (Å²) in [5, 5.41) is 11.1. The van der Waals surface area contributed by atoms with E-state index >= 15 is 4.39 Å². The molecule has 1 saturated carbocycles. The predicted octanol–water partition coefficient (Wildman–Crippen LogP) is 5.50. The number of benzene rings is 1. The standard InChI is InChI=1S/C31H29ClFN7O4.C7H12FN/c1-17-34-8-7-19(36-17)5-6-24(42)40-10-9-39(14-31(40)15-44-16-31)29-22-13-35-27(26(33)28(22)37-30(38-29)43-2)21-11-20(41)12-23(32)25(21)18-3-4-18;8-6-4-7-2-1-3-9(7)5-6/h5-8,11-13,18,41H,3-4,9-10,14-16H2,1-2H3;6-7H,1-5H2/b6-5+;/t;6-,7?/m.1/s1. The highest BCUT2D eigenvalue weighted by atomic mass is 35.5. The zero-order chi connectivity index (χ0) is 36.9. The highest BCUT2D eigenvalue weighted by Gasteiger charge is 2.50. The lowest BCUT2D eigenvalue weighted by Crippen LogP contribution is -2.72. The fraction of sp³-hybridized carbons (Fsp3) is 0.474. The highest BCUT2D eigenvalue weighted by molar-refractivity contribution is 6.32. The number of ether oxygens (including phenoxy) is 2. The zero-order valence-corrected chi connectivity index (χ0v) is 30.4. The molecule has 1 amide bonds. The number of halogens is 3. The summed E-state index contributed by atoms with van der Waals surface area (Å²) >= 11 is 6.49. The van der Waals surface area contributed by atoms with Crippen LogP contribution in [0.1, 0.15) is 55.1 Å². The van der Waals surface area contributed by atoms with Gasteiger partial charge in [0.2, 0.25) is 5.91 Å². The number of phenolic OH excluding ortho intramolecular Hbond substituents is 1. The minimum absolute atomic E-state index is 0.000371. The number of phenols is 1. The summed E-state index contributed by atoms with van der Waals surface area (Å²) < 4.78 is 40.0. The van der Waals surface area contributed by atoms with Crippen LogP contribution < -0.4 is 9.64 Å². The van der Waals surface area contributed by atoms with Gasteiger partial charge in [0.15, 0.2) is 5.82 Å². The number of carbonyl (C=O) groups excluding carboxylic acids is 1. The summed E-state index contributed by atoms with van der Waals surface area (Å²) in [6, 6.07) is 5.32. The second kappa shape index (κ2) is 14.4. The van der Waals surface area contributed by atoms with E-state index in [1.54, 1.807) is 31.5 Å². The molecular formula is C38H41ClF2N8O4. The second-order valence-electron chi connectivity index (χ2n) is 14.5. The summed E-state index contributed by atoms with van der Waals surface area (Å²) in [7, 11) is 1.43. The topological polar surface area (TPSA) is 130 Å². The molecule has 2 atom stereocenters. The Hall–Kier alpha value is -4.53. The molecule has 7 heterocycles. The second-order valence-corrected chi connectivity index (χ2v) is 14.9. The maximum atomic E-state index is 16.4. The van der Waals surface area contributed by atoms with Gasteiger partial charge in [0.1, 0.15) is 40.3 Å². The lowest BCUT2D eigenvalue weighted by atomic mass is 9.91. The Balaban J connectivity index is 0.000000386. The molecule has 12 nitrogen and oxygen atoms in total. The van der Waals surface area contributed by atoms with E-state index in [2.05, 4.69) is 29.8 Å². The lowest BCUT2D eigenvalue weighted by Gasteiger charge is -2.55. The molecule has 0 bridgehead atoms. The Morgan fingerprint density at radius 3 is 2.68 bits per heavy atom. The number of piperazine rings is 1. The van der Waals surface area contributed by atoms with Gasteiger partial charge in [-0.2, -0.15) is 9.97 Å². The van der Waals surface area contributed by atoms with Crippen LogP contribution in [0.3, 0.4) is 0 Å². The van der Waals surface area contributed by atoms with E-state index in [4.69, 9.17) is 21.1 Å². The zero-order valence-electron chi connectivity index (χ0n) is 29.6. The van der Waals surface area contributed by atoms with Gasteiger partial charge in [0, 0.05) is 61.3 Å². The number of fused-ring (bicyclic) bond motifs is 2. The summed E-state index contributed by atoms with van der Waals surface area (Å²) in [6.07, 6.45) is 11.1. The van der Waals surface area contributed by atoms with Crippen molar-refractivity contribution in [1.29, 1.82) is 0 Å². The predicted molar refractivity (Wildman–Crippen MR) is 195 cm³/mol. The third-order valence-electron chi connectivity index (χ3n) is 10.8. The number of aromatic hydroxyl groups is 1. The largest absolute Gasteiger partial charge is 0.508 e. The SMILES string of the molecule is COc1nc(N2CCN(C(=O)/C=C/c3ccnc(C)n3)C3(COC3)C2)c2cnc(-c3cc(O)cc(Cl)c3C3CC3)c(F)c2n1.F[C@@H]1CC2CCCN2C1. The van der Waals surface area contributed by atoms with Crippen molar-refractivity contribution in [2.24, 2.45) is 0 Å². The molecule has 9 rings (SSSR count). The van der Waals surface area contributed by atoms with Crippen molar-refractivity contribution in [3.8, 4) is 23.0 Å². The normalized spacial score (nSPS) is 22.2. The monoisotopic (exact) mass is 746 g/mol. The summed E-state index contributed by atoms with van der Waals surface area (Å²) in [4.78, 5) is 41.4. The molecule has 4 aromatic rings. The van der Waals surface area contributed by atoms with Crippen molar-refractivity contribution in [2.45, 2.75) is 62.7 Å². The third-order valence-corrected chi connectivity index (χ3v) is 11.1. The molecule has 278 valence electrons. The van der Waals surface area contributed by atoms with Gasteiger partial charge in [0.05, 0.1) is 31.4 Å². The number of methoxy groups -OCH3 is 1. The number of nitrogens with zero attached hydrogens (tertiary/aromatic N) is 8. The van der Waals surface area contributed by atoms with Crippen LogP contribution in [0.2, 0.25) is 5.02 Å². The Labute approximate surface area is 310 Å². The lowest BCUT2D eigenvalue weighted by molar-refractivity contribution is -0.164. The molecule has 5 aliphatic rings. The number of alkyl halides is 1. The van der Waals surface area contributed by atoms with E-state index in [0.717, 1.165) is 31.4 Å². The van der Waals surface area contributed by atoms with Gasteiger partial charge in [-0.25, -0.2) is 18.7 Å². The number of aryl methyl sites for hydroxylation is 1. The average molecular weight is 747 g/mol. The van der Waals surface area contributed by atoms with Gasteiger partial charge in [-0.05, 0) is 81.3 Å². The molecular weight excluding hydrogens is 706 g/mol. The first-order valence-corrected chi connectivity index (χ1v) is 18.4. The van der Waals surface area contributed by atoms with Gasteiger partial charge in [-0.3, -0.25) is 14.7 Å². The van der Waals surface area contributed by atoms with Gasteiger partial charge >= 0.3 is 6.01 Å². The van der Waals surface area contributed by atoms with E-state index in [1.807, 2.05) is 9.80 Å². The smallest absolute Gasteiger partial charge is 0.318 e. The summed E-state index contributed by atoms with van der Waals surface area (Å²) in [6.45, 7) is 5.59. The van der Waals surface area contributed by atoms with E-state index < -0.39 is 17.5 Å². The quantitative estimate of drug-likeness (QED) is 0.251. The molecule has 4 saturated heterocycles. The number of aromatic nitrogens is 5. The molecule has 1 aromatic carbocycles.